The van der Waals surface area contributed by atoms with Crippen LogP contribution in [-0.4, -0.2) is 37.1 Å². The van der Waals surface area contributed by atoms with Crippen molar-refractivity contribution in [1.29, 1.82) is 0 Å². The highest BCUT2D eigenvalue weighted by Gasteiger charge is 2.23. The van der Waals surface area contributed by atoms with Crippen LogP contribution in [0.5, 0.6) is 11.5 Å². The third-order valence-corrected chi connectivity index (χ3v) is 6.46. The van der Waals surface area contributed by atoms with Crippen LogP contribution in [0.3, 0.4) is 0 Å². The van der Waals surface area contributed by atoms with E-state index in [0.717, 1.165) is 10.1 Å². The third kappa shape index (κ3) is 4.65. The van der Waals surface area contributed by atoms with Gasteiger partial charge in [0.1, 0.15) is 16.2 Å². The molecule has 0 radical (unpaired) electrons. The summed E-state index contributed by atoms with van der Waals surface area (Å²) in [6, 6.07) is 5.51. The molecule has 1 aliphatic rings. The molecule has 3 aromatic rings. The second kappa shape index (κ2) is 9.49. The molecule has 1 unspecified atom stereocenters. The number of carbonyl (C=O) groups is 1. The molecular formula is C23H27N5O5S. The molecule has 1 N–H and O–H groups in total. The van der Waals surface area contributed by atoms with Crippen LogP contribution < -0.4 is 26.0 Å². The predicted molar refractivity (Wildman–Crippen MR) is 128 cm³/mol. The Hall–Kier alpha value is -3.34. The van der Waals surface area contributed by atoms with Gasteiger partial charge >= 0.3 is 5.69 Å². The number of fused-ring (bicyclic) bond motifs is 2. The summed E-state index contributed by atoms with van der Waals surface area (Å²) in [4.78, 5) is 47.4. The van der Waals surface area contributed by atoms with E-state index in [1.165, 1.54) is 23.4 Å². The zero-order valence-corrected chi connectivity index (χ0v) is 20.6. The average molecular weight is 486 g/mol. The molecule has 1 aliphatic heterocycles. The van der Waals surface area contributed by atoms with Crippen LogP contribution in [0.15, 0.2) is 32.8 Å². The smallest absolute Gasteiger partial charge is 0.332 e. The van der Waals surface area contributed by atoms with Gasteiger partial charge in [0.15, 0.2) is 17.1 Å². The molecule has 0 saturated heterocycles. The number of thioether (sulfide) groups is 1. The Morgan fingerprint density at radius 1 is 1.18 bits per heavy atom. The lowest BCUT2D eigenvalue weighted by atomic mass is 10.2. The normalized spacial score (nSPS) is 13.5. The molecule has 0 spiro atoms. The molecule has 0 saturated carbocycles. The Morgan fingerprint density at radius 2 is 1.91 bits per heavy atom. The Labute approximate surface area is 200 Å². The lowest BCUT2D eigenvalue weighted by Gasteiger charge is -2.16. The van der Waals surface area contributed by atoms with Gasteiger partial charge in [0.25, 0.3) is 5.56 Å². The van der Waals surface area contributed by atoms with Gasteiger partial charge in [-0.3, -0.25) is 18.7 Å². The number of aromatic nitrogens is 4. The summed E-state index contributed by atoms with van der Waals surface area (Å²) in [7, 11) is 1.44. The molecule has 2 aromatic heterocycles. The van der Waals surface area contributed by atoms with Crippen LogP contribution in [-0.2, 0) is 24.9 Å². The van der Waals surface area contributed by atoms with Crippen molar-refractivity contribution in [2.24, 2.45) is 13.0 Å². The Morgan fingerprint density at radius 3 is 2.65 bits per heavy atom. The number of rotatable bonds is 7. The fourth-order valence-corrected chi connectivity index (χ4v) is 4.67. The summed E-state index contributed by atoms with van der Waals surface area (Å²) in [5.74, 6) is 1.72. The van der Waals surface area contributed by atoms with Crippen molar-refractivity contribution in [3.8, 4) is 11.5 Å². The van der Waals surface area contributed by atoms with E-state index in [0.29, 0.717) is 41.1 Å². The summed E-state index contributed by atoms with van der Waals surface area (Å²) in [5.41, 5.74) is 0.278. The quantitative estimate of drug-likeness (QED) is 0.399. The zero-order valence-electron chi connectivity index (χ0n) is 19.7. The first-order valence-electron chi connectivity index (χ1n) is 11.0. The van der Waals surface area contributed by atoms with Crippen LogP contribution in [0.1, 0.15) is 32.2 Å². The average Bonchev–Trinajstić information content (AvgIpc) is 3.26. The monoisotopic (exact) mass is 485 g/mol. The van der Waals surface area contributed by atoms with E-state index in [9.17, 15) is 14.4 Å². The number of amides is 1. The first-order chi connectivity index (χ1) is 16.2. The second-order valence-corrected chi connectivity index (χ2v) is 9.92. The molecule has 0 aliphatic carbocycles. The van der Waals surface area contributed by atoms with Gasteiger partial charge in [-0.25, -0.2) is 14.8 Å². The maximum atomic E-state index is 13.0. The first-order valence-corrected chi connectivity index (χ1v) is 11.8. The van der Waals surface area contributed by atoms with Gasteiger partial charge in [-0.15, -0.1) is 0 Å². The number of carbonyl (C=O) groups excluding carboxylic acids is 1. The number of nitrogens with one attached hydrogen (secondary N) is 1. The van der Waals surface area contributed by atoms with E-state index in [2.05, 4.69) is 15.3 Å². The molecule has 4 rings (SSSR count). The van der Waals surface area contributed by atoms with E-state index in [4.69, 9.17) is 9.47 Å². The molecule has 1 aromatic carbocycles. The molecular weight excluding hydrogens is 458 g/mol. The molecule has 0 bridgehead atoms. The fraction of sp³-hybridized carbons (Fsp3) is 0.435. The van der Waals surface area contributed by atoms with Gasteiger partial charge in [-0.1, -0.05) is 31.7 Å². The van der Waals surface area contributed by atoms with E-state index >= 15 is 0 Å². The number of ether oxygens (including phenoxy) is 2. The third-order valence-electron chi connectivity index (χ3n) is 5.37. The topological polar surface area (TPSA) is 117 Å². The minimum absolute atomic E-state index is 0.172. The summed E-state index contributed by atoms with van der Waals surface area (Å²) >= 11 is 1.17. The van der Waals surface area contributed by atoms with Gasteiger partial charge in [0, 0.05) is 20.1 Å². The van der Waals surface area contributed by atoms with Crippen LogP contribution >= 0.6 is 11.8 Å². The molecule has 180 valence electrons. The number of nitrogens with zero attached hydrogens (tertiary/aromatic N) is 4. The van der Waals surface area contributed by atoms with E-state index in [-0.39, 0.29) is 24.0 Å². The van der Waals surface area contributed by atoms with E-state index < -0.39 is 16.5 Å². The van der Waals surface area contributed by atoms with Crippen LogP contribution in [0.2, 0.25) is 0 Å². The second-order valence-electron chi connectivity index (χ2n) is 8.59. The molecule has 10 nitrogen and oxygen atoms in total. The molecule has 3 heterocycles. The Kier molecular flexibility index (Phi) is 6.65. The summed E-state index contributed by atoms with van der Waals surface area (Å²) < 4.78 is 13.3. The minimum atomic E-state index is -0.540. The van der Waals surface area contributed by atoms with Crippen LogP contribution in [0, 0.1) is 12.8 Å². The number of aryl methyl sites for hydroxylation is 1. The van der Waals surface area contributed by atoms with Gasteiger partial charge < -0.3 is 14.8 Å². The van der Waals surface area contributed by atoms with E-state index in [1.54, 1.807) is 13.8 Å². The maximum Gasteiger partial charge on any atom is 0.332 e. The van der Waals surface area contributed by atoms with Crippen molar-refractivity contribution in [1.82, 2.24) is 24.4 Å². The summed E-state index contributed by atoms with van der Waals surface area (Å²) in [6.45, 7) is 8.34. The molecule has 34 heavy (non-hydrogen) atoms. The van der Waals surface area contributed by atoms with Gasteiger partial charge in [0.2, 0.25) is 12.7 Å². The standard InChI is InChI=1S/C23H27N5O5S/c1-12(2)10-28-19-18(22(30)27(5)23(28)31)21(26-14(4)25-19)34-13(3)20(29)24-9-15-6-7-16-17(8-15)33-11-32-16/h6-8,12-13H,9-11H2,1-5H3,(H,24,29). The molecule has 11 heteroatoms. The first kappa shape index (κ1) is 23.8. The number of hydrogen-bond acceptors (Lipinski definition) is 8. The van der Waals surface area contributed by atoms with Crippen LogP contribution in [0.4, 0.5) is 0 Å². The lowest BCUT2D eigenvalue weighted by Crippen LogP contribution is -2.40. The van der Waals surface area contributed by atoms with E-state index in [1.807, 2.05) is 32.0 Å². The van der Waals surface area contributed by atoms with Crippen molar-refractivity contribution in [2.45, 2.75) is 51.1 Å². The maximum absolute atomic E-state index is 13.0. The zero-order chi connectivity index (χ0) is 24.6. The largest absolute Gasteiger partial charge is 0.454 e. The van der Waals surface area contributed by atoms with Gasteiger partial charge in [0.05, 0.1) is 5.25 Å². The highest BCUT2D eigenvalue weighted by Crippen LogP contribution is 2.32. The van der Waals surface area contributed by atoms with Crippen LogP contribution in [0.25, 0.3) is 11.0 Å². The van der Waals surface area contributed by atoms with Gasteiger partial charge in [-0.05, 0) is 37.5 Å². The Bertz CT molecular complexity index is 1380. The molecule has 0 fully saturated rings. The van der Waals surface area contributed by atoms with Gasteiger partial charge in [-0.2, -0.15) is 0 Å². The lowest BCUT2D eigenvalue weighted by molar-refractivity contribution is -0.120. The minimum Gasteiger partial charge on any atom is -0.454 e. The SMILES string of the molecule is Cc1nc(SC(C)C(=O)NCc2ccc3c(c2)OCO3)c2c(=O)n(C)c(=O)n(CC(C)C)c2n1. The predicted octanol–water partition coefficient (Wildman–Crippen LogP) is 1.98. The van der Waals surface area contributed by atoms with Crippen molar-refractivity contribution >= 4 is 28.7 Å². The highest BCUT2D eigenvalue weighted by atomic mass is 32.2. The molecule has 1 amide bonds. The molecule has 1 atom stereocenters. The fourth-order valence-electron chi connectivity index (χ4n) is 3.66. The van der Waals surface area contributed by atoms with Crippen molar-refractivity contribution < 1.29 is 14.3 Å². The van der Waals surface area contributed by atoms with Crippen molar-refractivity contribution in [3.05, 3.63) is 50.4 Å². The summed E-state index contributed by atoms with van der Waals surface area (Å²) in [6.07, 6.45) is 0. The highest BCUT2D eigenvalue weighted by molar-refractivity contribution is 8.00. The number of hydrogen-bond donors (Lipinski definition) is 1. The van der Waals surface area contributed by atoms with Crippen molar-refractivity contribution in [2.75, 3.05) is 6.79 Å². The summed E-state index contributed by atoms with van der Waals surface area (Å²) in [5, 5.41) is 2.99. The number of benzene rings is 1. The Balaban J connectivity index is 1.59. The van der Waals surface area contributed by atoms with Crippen molar-refractivity contribution in [3.63, 3.8) is 0 Å².